The fourth-order valence-electron chi connectivity index (χ4n) is 3.57. The van der Waals surface area contributed by atoms with Gasteiger partial charge in [-0.2, -0.15) is 0 Å². The number of nitrogens with zero attached hydrogens (tertiary/aromatic N) is 2. The first kappa shape index (κ1) is 20.5. The van der Waals surface area contributed by atoms with Crippen molar-refractivity contribution >= 4 is 23.6 Å². The van der Waals surface area contributed by atoms with Crippen LogP contribution in [0.4, 0.5) is 0 Å². The Balaban J connectivity index is 1.77. The van der Waals surface area contributed by atoms with Gasteiger partial charge in [-0.15, -0.1) is 0 Å². The van der Waals surface area contributed by atoms with E-state index in [0.29, 0.717) is 5.56 Å². The monoisotopic (exact) mass is 396 g/mol. The maximum absolute atomic E-state index is 12.8. The third-order valence-electron chi connectivity index (χ3n) is 5.40. The summed E-state index contributed by atoms with van der Waals surface area (Å²) in [5.74, 6) is -2.53. The Bertz CT molecular complexity index is 983. The number of imide groups is 1. The van der Waals surface area contributed by atoms with Crippen LogP contribution in [-0.2, 0) is 16.6 Å². The van der Waals surface area contributed by atoms with Gasteiger partial charge in [0.15, 0.2) is 6.61 Å². The number of carbonyl (C=O) groups is 4. The molecular formula is C22H24N2O5. The van der Waals surface area contributed by atoms with Crippen LogP contribution in [0.15, 0.2) is 30.3 Å². The van der Waals surface area contributed by atoms with E-state index in [9.17, 15) is 19.2 Å². The zero-order valence-corrected chi connectivity index (χ0v) is 17.2. The van der Waals surface area contributed by atoms with Crippen LogP contribution in [0.25, 0.3) is 0 Å². The maximum atomic E-state index is 12.8. The van der Waals surface area contributed by atoms with Crippen molar-refractivity contribution in [3.05, 3.63) is 58.4 Å². The molecule has 7 heteroatoms. The Morgan fingerprint density at radius 3 is 2.03 bits per heavy atom. The van der Waals surface area contributed by atoms with Crippen molar-refractivity contribution in [1.82, 2.24) is 9.47 Å². The highest BCUT2D eigenvalue weighted by Crippen LogP contribution is 2.27. The average Bonchev–Trinajstić information content (AvgIpc) is 3.09. The van der Waals surface area contributed by atoms with Crippen molar-refractivity contribution in [3.63, 3.8) is 0 Å². The number of hydrogen-bond acceptors (Lipinski definition) is 5. The minimum atomic E-state index is -1.10. The van der Waals surface area contributed by atoms with Gasteiger partial charge < -0.3 is 9.30 Å². The van der Waals surface area contributed by atoms with Gasteiger partial charge in [0.05, 0.1) is 11.1 Å². The number of carbonyl (C=O) groups excluding carboxylic acids is 4. The predicted octanol–water partition coefficient (Wildman–Crippen LogP) is 2.69. The summed E-state index contributed by atoms with van der Waals surface area (Å²) in [4.78, 5) is 51.7. The van der Waals surface area contributed by atoms with E-state index >= 15 is 0 Å². The van der Waals surface area contributed by atoms with E-state index in [1.54, 1.807) is 44.2 Å². The fourth-order valence-corrected chi connectivity index (χ4v) is 3.57. The maximum Gasteiger partial charge on any atom is 0.330 e. The van der Waals surface area contributed by atoms with E-state index in [1.165, 1.54) is 0 Å². The average molecular weight is 396 g/mol. The Labute approximate surface area is 169 Å². The quantitative estimate of drug-likeness (QED) is 0.426. The zero-order chi connectivity index (χ0) is 21.5. The number of esters is 1. The number of aryl methyl sites for hydroxylation is 1. The van der Waals surface area contributed by atoms with Crippen molar-refractivity contribution in [2.45, 2.75) is 33.7 Å². The molecule has 2 amide bonds. The summed E-state index contributed by atoms with van der Waals surface area (Å²) in [6.07, 6.45) is 0. The van der Waals surface area contributed by atoms with Gasteiger partial charge in [-0.1, -0.05) is 26.0 Å². The number of Topliss-reactive ketones (excluding diaryl/α,β-unsaturated/α-hetero) is 1. The number of hydrogen-bond donors (Lipinski definition) is 0. The second-order valence-corrected chi connectivity index (χ2v) is 7.59. The molecule has 0 aliphatic carbocycles. The summed E-state index contributed by atoms with van der Waals surface area (Å²) in [6.45, 7) is 6.70. The first-order valence-electron chi connectivity index (χ1n) is 9.44. The predicted molar refractivity (Wildman–Crippen MR) is 106 cm³/mol. The van der Waals surface area contributed by atoms with Gasteiger partial charge in [0.1, 0.15) is 6.04 Å². The van der Waals surface area contributed by atoms with E-state index in [4.69, 9.17) is 4.74 Å². The lowest BCUT2D eigenvalue weighted by Crippen LogP contribution is -2.49. The number of benzene rings is 1. The molecule has 0 spiro atoms. The van der Waals surface area contributed by atoms with Crippen molar-refractivity contribution in [2.75, 3.05) is 6.61 Å². The molecule has 7 nitrogen and oxygen atoms in total. The highest BCUT2D eigenvalue weighted by molar-refractivity contribution is 6.22. The van der Waals surface area contributed by atoms with Crippen LogP contribution in [0.5, 0.6) is 0 Å². The molecule has 0 saturated carbocycles. The van der Waals surface area contributed by atoms with E-state index < -0.39 is 30.4 Å². The topological polar surface area (TPSA) is 85.7 Å². The minimum absolute atomic E-state index is 0.266. The molecule has 0 bridgehead atoms. The molecule has 1 aromatic carbocycles. The van der Waals surface area contributed by atoms with Crippen LogP contribution in [0.2, 0.25) is 0 Å². The van der Waals surface area contributed by atoms with Gasteiger partial charge in [0.25, 0.3) is 11.8 Å². The molecule has 0 radical (unpaired) electrons. The zero-order valence-electron chi connectivity index (χ0n) is 17.2. The van der Waals surface area contributed by atoms with Crippen LogP contribution in [0.3, 0.4) is 0 Å². The first-order valence-corrected chi connectivity index (χ1v) is 9.44. The summed E-state index contributed by atoms with van der Waals surface area (Å²) in [6, 6.07) is 7.09. The number of fused-ring (bicyclic) bond motifs is 1. The van der Waals surface area contributed by atoms with Gasteiger partial charge in [0.2, 0.25) is 5.78 Å². The van der Waals surface area contributed by atoms with Crippen molar-refractivity contribution in [1.29, 1.82) is 0 Å². The number of ketones is 1. The molecule has 0 saturated heterocycles. The Morgan fingerprint density at radius 1 is 1.03 bits per heavy atom. The van der Waals surface area contributed by atoms with Gasteiger partial charge in [-0.05, 0) is 38.0 Å². The third-order valence-corrected chi connectivity index (χ3v) is 5.40. The molecule has 152 valence electrons. The van der Waals surface area contributed by atoms with Crippen molar-refractivity contribution in [2.24, 2.45) is 13.0 Å². The molecule has 1 aliphatic rings. The molecule has 0 N–H and O–H groups in total. The molecule has 29 heavy (non-hydrogen) atoms. The van der Waals surface area contributed by atoms with E-state index in [1.807, 2.05) is 25.5 Å². The molecule has 1 atom stereocenters. The number of ether oxygens (including phenoxy) is 1. The summed E-state index contributed by atoms with van der Waals surface area (Å²) >= 11 is 0. The summed E-state index contributed by atoms with van der Waals surface area (Å²) in [5, 5.41) is 0. The number of rotatable bonds is 6. The molecule has 2 heterocycles. The van der Waals surface area contributed by atoms with Crippen molar-refractivity contribution in [3.8, 4) is 0 Å². The van der Waals surface area contributed by atoms with Gasteiger partial charge in [-0.3, -0.25) is 19.3 Å². The Kier molecular flexibility index (Phi) is 5.42. The molecule has 1 aromatic heterocycles. The lowest BCUT2D eigenvalue weighted by atomic mass is 10.0. The smallest absolute Gasteiger partial charge is 0.330 e. The molecule has 2 aromatic rings. The van der Waals surface area contributed by atoms with Crippen molar-refractivity contribution < 1.29 is 23.9 Å². The van der Waals surface area contributed by atoms with E-state index in [-0.39, 0.29) is 22.8 Å². The summed E-state index contributed by atoms with van der Waals surface area (Å²) in [7, 11) is 1.85. The Morgan fingerprint density at radius 2 is 1.59 bits per heavy atom. The van der Waals surface area contributed by atoms with Gasteiger partial charge >= 0.3 is 5.97 Å². The lowest BCUT2D eigenvalue weighted by Gasteiger charge is -2.27. The van der Waals surface area contributed by atoms with Crippen LogP contribution >= 0.6 is 0 Å². The van der Waals surface area contributed by atoms with Gasteiger partial charge in [0, 0.05) is 24.0 Å². The number of aromatic nitrogens is 1. The molecule has 0 fully saturated rings. The minimum Gasteiger partial charge on any atom is -0.456 e. The van der Waals surface area contributed by atoms with Gasteiger partial charge in [-0.25, -0.2) is 4.79 Å². The molecule has 0 unspecified atom stereocenters. The third kappa shape index (κ3) is 3.48. The first-order chi connectivity index (χ1) is 13.6. The highest BCUT2D eigenvalue weighted by atomic mass is 16.5. The SMILES string of the molecule is Cc1cc(C(=O)COC(=O)[C@@H](C(C)C)N2C(=O)c3ccccc3C2=O)c(C)n1C. The highest BCUT2D eigenvalue weighted by Gasteiger charge is 2.44. The van der Waals surface area contributed by atoms with Crippen LogP contribution in [0.1, 0.15) is 56.3 Å². The van der Waals surface area contributed by atoms with E-state index in [2.05, 4.69) is 0 Å². The summed E-state index contributed by atoms with van der Waals surface area (Å²) < 4.78 is 7.13. The van der Waals surface area contributed by atoms with Crippen LogP contribution in [-0.4, -0.2) is 45.7 Å². The summed E-state index contributed by atoms with van der Waals surface area (Å²) in [5.41, 5.74) is 2.72. The van der Waals surface area contributed by atoms with Crippen LogP contribution < -0.4 is 0 Å². The molecule has 3 rings (SSSR count). The van der Waals surface area contributed by atoms with E-state index in [0.717, 1.165) is 16.3 Å². The number of amides is 2. The molecule has 1 aliphatic heterocycles. The normalized spacial score (nSPS) is 14.3. The molecular weight excluding hydrogens is 372 g/mol. The Hall–Kier alpha value is -3.22. The second kappa shape index (κ2) is 7.66. The second-order valence-electron chi connectivity index (χ2n) is 7.59. The standard InChI is InChI=1S/C22H24N2O5/c1-12(2)19(24-20(26)15-8-6-7-9-16(15)21(24)27)22(28)29-11-18(25)17-10-13(3)23(5)14(17)4/h6-10,12,19H,11H2,1-5H3/t19-/m1/s1. The largest absolute Gasteiger partial charge is 0.456 e. The van der Waals surface area contributed by atoms with Crippen LogP contribution in [0, 0.1) is 19.8 Å². The fraction of sp³-hybridized carbons (Fsp3) is 0.364. The lowest BCUT2D eigenvalue weighted by molar-refractivity contribution is -0.148.